The Morgan fingerprint density at radius 2 is 1.95 bits per heavy atom. The van der Waals surface area contributed by atoms with Crippen molar-refractivity contribution in [1.82, 2.24) is 0 Å². The van der Waals surface area contributed by atoms with E-state index in [0.717, 1.165) is 0 Å². The molecule has 1 aliphatic heterocycles. The molecule has 1 aliphatic rings. The van der Waals surface area contributed by atoms with Gasteiger partial charge in [-0.15, -0.1) is 0 Å². The first-order chi connectivity index (χ1) is 9.95. The minimum absolute atomic E-state index is 0.217. The predicted octanol–water partition coefficient (Wildman–Crippen LogP) is -1.86. The number of hydrogen-bond donors (Lipinski definition) is 3. The van der Waals surface area contributed by atoms with Crippen molar-refractivity contribution in [3.63, 3.8) is 0 Å². The van der Waals surface area contributed by atoms with Crippen LogP contribution in [-0.4, -0.2) is 57.6 Å². The Balaban J connectivity index is 2.21. The number of para-hydroxylation sites is 2. The summed E-state index contributed by atoms with van der Waals surface area (Å²) in [5.74, 6) is -0.217. The van der Waals surface area contributed by atoms with E-state index in [0.29, 0.717) is 0 Å². The van der Waals surface area contributed by atoms with Crippen molar-refractivity contribution in [3.8, 4) is 5.75 Å². The van der Waals surface area contributed by atoms with Gasteiger partial charge in [0, 0.05) is 12.4 Å². The van der Waals surface area contributed by atoms with Crippen LogP contribution in [0, 0.1) is 10.1 Å². The fourth-order valence-corrected chi connectivity index (χ4v) is 2.04. The Hall–Kier alpha value is -1.78. The van der Waals surface area contributed by atoms with Crippen LogP contribution in [-0.2, 0) is 4.74 Å². The normalized spacial score (nSPS) is 32.7. The average Bonchev–Trinajstić information content (AvgIpc) is 2.47. The van der Waals surface area contributed by atoms with Crippen molar-refractivity contribution in [2.45, 2.75) is 30.7 Å². The minimum atomic E-state index is -1.90. The second-order valence-corrected chi connectivity index (χ2v) is 4.51. The molecule has 0 aromatic heterocycles. The minimum Gasteiger partial charge on any atom is -0.828 e. The number of benzene rings is 1. The fraction of sp³-hybridized carbons (Fsp3) is 0.500. The van der Waals surface area contributed by atoms with Crippen LogP contribution >= 0.6 is 0 Å². The molecular formula is C12H14NO8-. The van der Waals surface area contributed by atoms with Crippen molar-refractivity contribution in [2.24, 2.45) is 0 Å². The number of aliphatic hydroxyl groups excluding tert-OH is 3. The molecule has 1 aromatic rings. The van der Waals surface area contributed by atoms with Crippen molar-refractivity contribution in [3.05, 3.63) is 34.4 Å². The van der Waals surface area contributed by atoms with Gasteiger partial charge in [0.25, 0.3) is 0 Å². The van der Waals surface area contributed by atoms with Crippen molar-refractivity contribution in [2.75, 3.05) is 6.61 Å². The lowest BCUT2D eigenvalue weighted by atomic mass is 9.99. The Morgan fingerprint density at radius 3 is 2.57 bits per heavy atom. The molecule has 116 valence electrons. The summed E-state index contributed by atoms with van der Waals surface area (Å²) in [4.78, 5) is 10.2. The highest BCUT2D eigenvalue weighted by Gasteiger charge is 2.42. The van der Waals surface area contributed by atoms with Crippen LogP contribution in [0.2, 0.25) is 0 Å². The Kier molecular flexibility index (Phi) is 4.70. The van der Waals surface area contributed by atoms with Crippen molar-refractivity contribution in [1.29, 1.82) is 0 Å². The summed E-state index contributed by atoms with van der Waals surface area (Å²) in [5, 5.41) is 51.1. The SMILES string of the molecule is O=[N+]([O-])c1ccccc1O[C@@H]1[C@@H](O)[C@H](O)[C@@H](CO)O[C@H]1[O-]. The summed E-state index contributed by atoms with van der Waals surface area (Å²) in [6.07, 6.45) is -7.84. The molecule has 2 rings (SSSR count). The Labute approximate surface area is 119 Å². The highest BCUT2D eigenvalue weighted by atomic mass is 16.7. The second-order valence-electron chi connectivity index (χ2n) is 4.51. The summed E-state index contributed by atoms with van der Waals surface area (Å²) in [7, 11) is 0. The lowest BCUT2D eigenvalue weighted by Gasteiger charge is -2.45. The van der Waals surface area contributed by atoms with Gasteiger partial charge >= 0.3 is 5.69 Å². The van der Waals surface area contributed by atoms with Gasteiger partial charge in [0.1, 0.15) is 24.4 Å². The lowest BCUT2D eigenvalue weighted by Crippen LogP contribution is -2.64. The van der Waals surface area contributed by atoms with Gasteiger partial charge in [-0.05, 0) is 6.07 Å². The number of aliphatic hydroxyl groups is 3. The molecule has 0 aliphatic carbocycles. The second kappa shape index (κ2) is 6.33. The number of hydrogen-bond acceptors (Lipinski definition) is 8. The first-order valence-corrected chi connectivity index (χ1v) is 6.14. The van der Waals surface area contributed by atoms with E-state index in [4.69, 9.17) is 14.6 Å². The number of nitro benzene ring substituents is 1. The van der Waals surface area contributed by atoms with E-state index >= 15 is 0 Å². The highest BCUT2D eigenvalue weighted by Crippen LogP contribution is 2.30. The average molecular weight is 300 g/mol. The van der Waals surface area contributed by atoms with Gasteiger partial charge in [-0.3, -0.25) is 10.1 Å². The van der Waals surface area contributed by atoms with Gasteiger partial charge in [-0.25, -0.2) is 0 Å². The molecule has 0 unspecified atom stereocenters. The van der Waals surface area contributed by atoms with E-state index in [-0.39, 0.29) is 11.4 Å². The van der Waals surface area contributed by atoms with E-state index < -0.39 is 42.2 Å². The molecule has 0 amide bonds. The van der Waals surface area contributed by atoms with E-state index in [1.165, 1.54) is 24.3 Å². The topological polar surface area (TPSA) is 145 Å². The zero-order valence-electron chi connectivity index (χ0n) is 10.7. The van der Waals surface area contributed by atoms with E-state index in [1.54, 1.807) is 0 Å². The van der Waals surface area contributed by atoms with Gasteiger partial charge in [0.2, 0.25) is 0 Å². The van der Waals surface area contributed by atoms with Gasteiger partial charge < -0.3 is 29.9 Å². The summed E-state index contributed by atoms with van der Waals surface area (Å²) < 4.78 is 9.96. The first-order valence-electron chi connectivity index (χ1n) is 6.14. The third-order valence-corrected chi connectivity index (χ3v) is 3.15. The standard InChI is InChI=1S/C12H14NO8/c14-5-8-9(15)10(16)11(12(17)21-8)20-7-4-2-1-3-6(7)13(18)19/h1-4,8-12,14-16H,5H2/q-1/t8-,9-,10+,11-,12-/m1/s1. The van der Waals surface area contributed by atoms with E-state index in [2.05, 4.69) is 0 Å². The zero-order chi connectivity index (χ0) is 15.6. The summed E-state index contributed by atoms with van der Waals surface area (Å²) in [6.45, 7) is -0.644. The zero-order valence-corrected chi connectivity index (χ0v) is 10.7. The number of nitro groups is 1. The molecule has 9 nitrogen and oxygen atoms in total. The monoisotopic (exact) mass is 300 g/mol. The highest BCUT2D eigenvalue weighted by molar-refractivity contribution is 5.45. The van der Waals surface area contributed by atoms with Gasteiger partial charge in [-0.1, -0.05) is 12.1 Å². The van der Waals surface area contributed by atoms with Gasteiger partial charge in [0.05, 0.1) is 11.5 Å². The van der Waals surface area contributed by atoms with Crippen LogP contribution in [0.15, 0.2) is 24.3 Å². The van der Waals surface area contributed by atoms with Crippen LogP contribution in [0.25, 0.3) is 0 Å². The van der Waals surface area contributed by atoms with Crippen LogP contribution < -0.4 is 9.84 Å². The van der Waals surface area contributed by atoms with E-state index in [1.807, 2.05) is 0 Å². The van der Waals surface area contributed by atoms with Gasteiger partial charge in [-0.2, -0.15) is 0 Å². The van der Waals surface area contributed by atoms with Crippen LogP contribution in [0.4, 0.5) is 5.69 Å². The number of nitrogens with zero attached hydrogens (tertiary/aromatic N) is 1. The lowest BCUT2D eigenvalue weighted by molar-refractivity contribution is -0.530. The summed E-state index contributed by atoms with van der Waals surface area (Å²) in [6, 6.07) is 5.33. The van der Waals surface area contributed by atoms with Crippen molar-refractivity contribution < 1.29 is 34.8 Å². The maximum absolute atomic E-state index is 11.8. The van der Waals surface area contributed by atoms with Crippen LogP contribution in [0.1, 0.15) is 0 Å². The molecule has 0 saturated carbocycles. The smallest absolute Gasteiger partial charge is 0.310 e. The first kappa shape index (κ1) is 15.6. The number of rotatable bonds is 4. The summed E-state index contributed by atoms with van der Waals surface area (Å²) in [5.41, 5.74) is -0.379. The van der Waals surface area contributed by atoms with Crippen LogP contribution in [0.5, 0.6) is 5.75 Å². The molecule has 0 bridgehead atoms. The van der Waals surface area contributed by atoms with Gasteiger partial charge in [0.15, 0.2) is 5.75 Å². The van der Waals surface area contributed by atoms with Crippen LogP contribution in [0.3, 0.4) is 0 Å². The maximum atomic E-state index is 11.8. The molecule has 5 atom stereocenters. The maximum Gasteiger partial charge on any atom is 0.310 e. The number of ether oxygens (including phenoxy) is 2. The predicted molar refractivity (Wildman–Crippen MR) is 65.3 cm³/mol. The quantitative estimate of drug-likeness (QED) is 0.433. The molecule has 3 N–H and O–H groups in total. The molecule has 21 heavy (non-hydrogen) atoms. The molecule has 0 spiro atoms. The Bertz CT molecular complexity index is 510. The molecule has 1 heterocycles. The summed E-state index contributed by atoms with van der Waals surface area (Å²) >= 11 is 0. The largest absolute Gasteiger partial charge is 0.828 e. The molecule has 1 saturated heterocycles. The molecular weight excluding hydrogens is 286 g/mol. The third-order valence-electron chi connectivity index (χ3n) is 3.15. The molecule has 0 radical (unpaired) electrons. The Morgan fingerprint density at radius 1 is 1.29 bits per heavy atom. The molecule has 1 aromatic carbocycles. The molecule has 1 fully saturated rings. The van der Waals surface area contributed by atoms with E-state index in [9.17, 15) is 25.4 Å². The van der Waals surface area contributed by atoms with Crippen molar-refractivity contribution >= 4 is 5.69 Å². The third kappa shape index (κ3) is 3.12. The molecule has 9 heteroatoms. The fourth-order valence-electron chi connectivity index (χ4n) is 2.04.